The van der Waals surface area contributed by atoms with Crippen molar-refractivity contribution in [3.8, 4) is 0 Å². The first kappa shape index (κ1) is 22.1. The minimum absolute atomic E-state index is 0.306. The van der Waals surface area contributed by atoms with Crippen LogP contribution in [0.3, 0.4) is 0 Å². The van der Waals surface area contributed by atoms with Crippen LogP contribution in [0, 0.1) is 5.92 Å². The third kappa shape index (κ3) is 6.71. The Morgan fingerprint density at radius 1 is 1.31 bits per heavy atom. The van der Waals surface area contributed by atoms with E-state index in [-0.39, 0.29) is 0 Å². The second-order valence-corrected chi connectivity index (χ2v) is 9.21. The SMILES string of the molecule is CCNC(=NCC(c1cccs1)N1CCC(C)CC1)NCCCN1CCCC1=O. The molecule has 1 aromatic heterocycles. The van der Waals surface area contributed by atoms with Gasteiger partial charge in [0, 0.05) is 37.5 Å². The first-order valence-corrected chi connectivity index (χ1v) is 12.1. The monoisotopic (exact) mass is 419 g/mol. The maximum Gasteiger partial charge on any atom is 0.222 e. The molecule has 1 aromatic rings. The molecule has 162 valence electrons. The topological polar surface area (TPSA) is 60.0 Å². The lowest BCUT2D eigenvalue weighted by Gasteiger charge is -2.35. The van der Waals surface area contributed by atoms with E-state index in [9.17, 15) is 4.79 Å². The van der Waals surface area contributed by atoms with E-state index < -0.39 is 0 Å². The fraction of sp³-hybridized carbons (Fsp3) is 0.727. The van der Waals surface area contributed by atoms with Crippen molar-refractivity contribution in [3.05, 3.63) is 22.4 Å². The van der Waals surface area contributed by atoms with Gasteiger partial charge in [-0.05, 0) is 63.1 Å². The van der Waals surface area contributed by atoms with Gasteiger partial charge >= 0.3 is 0 Å². The molecule has 0 spiro atoms. The quantitative estimate of drug-likeness (QED) is 0.367. The number of guanidine groups is 1. The normalized spacial score (nSPS) is 20.3. The average molecular weight is 420 g/mol. The molecule has 0 aromatic carbocycles. The summed E-state index contributed by atoms with van der Waals surface area (Å²) in [6.07, 6.45) is 5.24. The number of nitrogens with zero attached hydrogens (tertiary/aromatic N) is 3. The Morgan fingerprint density at radius 2 is 2.14 bits per heavy atom. The number of aliphatic imine (C=N–C) groups is 1. The van der Waals surface area contributed by atoms with Crippen LogP contribution in [0.4, 0.5) is 0 Å². The summed E-state index contributed by atoms with van der Waals surface area (Å²) < 4.78 is 0. The molecule has 2 aliphatic rings. The number of rotatable bonds is 9. The second-order valence-electron chi connectivity index (χ2n) is 8.23. The van der Waals surface area contributed by atoms with E-state index in [2.05, 4.69) is 46.9 Å². The molecule has 2 saturated heterocycles. The molecule has 6 nitrogen and oxygen atoms in total. The molecule has 1 amide bonds. The number of piperidine rings is 1. The summed E-state index contributed by atoms with van der Waals surface area (Å²) in [6.45, 7) is 11.0. The molecule has 3 heterocycles. The minimum atomic E-state index is 0.306. The molecule has 29 heavy (non-hydrogen) atoms. The van der Waals surface area contributed by atoms with Gasteiger partial charge < -0.3 is 15.5 Å². The van der Waals surface area contributed by atoms with E-state index in [1.54, 1.807) is 0 Å². The van der Waals surface area contributed by atoms with Crippen LogP contribution < -0.4 is 10.6 Å². The molecule has 2 fully saturated rings. The van der Waals surface area contributed by atoms with Gasteiger partial charge in [0.2, 0.25) is 5.91 Å². The predicted octanol–water partition coefficient (Wildman–Crippen LogP) is 3.09. The number of carbonyl (C=O) groups is 1. The van der Waals surface area contributed by atoms with E-state index in [1.807, 2.05) is 16.2 Å². The van der Waals surface area contributed by atoms with Crippen LogP contribution in [-0.4, -0.2) is 67.5 Å². The van der Waals surface area contributed by atoms with Gasteiger partial charge in [-0.1, -0.05) is 13.0 Å². The molecule has 1 unspecified atom stereocenters. The molecule has 2 aliphatic heterocycles. The van der Waals surface area contributed by atoms with Crippen LogP contribution in [-0.2, 0) is 4.79 Å². The Labute approximate surface area is 179 Å². The van der Waals surface area contributed by atoms with E-state index >= 15 is 0 Å². The van der Waals surface area contributed by atoms with Gasteiger partial charge in [-0.15, -0.1) is 11.3 Å². The molecule has 1 atom stereocenters. The number of hydrogen-bond acceptors (Lipinski definition) is 4. The van der Waals surface area contributed by atoms with E-state index in [0.29, 0.717) is 11.9 Å². The van der Waals surface area contributed by atoms with Crippen molar-refractivity contribution in [3.63, 3.8) is 0 Å². The molecule has 0 radical (unpaired) electrons. The van der Waals surface area contributed by atoms with Crippen molar-refractivity contribution in [2.75, 3.05) is 45.8 Å². The van der Waals surface area contributed by atoms with Crippen molar-refractivity contribution >= 4 is 23.2 Å². The van der Waals surface area contributed by atoms with Gasteiger partial charge in [-0.3, -0.25) is 14.7 Å². The number of thiophene rings is 1. The van der Waals surface area contributed by atoms with Gasteiger partial charge in [0.1, 0.15) is 0 Å². The zero-order valence-corrected chi connectivity index (χ0v) is 18.8. The molecular formula is C22H37N5OS. The maximum atomic E-state index is 11.7. The fourth-order valence-electron chi connectivity index (χ4n) is 4.14. The molecule has 0 saturated carbocycles. The van der Waals surface area contributed by atoms with Gasteiger partial charge in [0.15, 0.2) is 5.96 Å². The smallest absolute Gasteiger partial charge is 0.222 e. The summed E-state index contributed by atoms with van der Waals surface area (Å²) in [4.78, 5) is 22.7. The second kappa shape index (κ2) is 11.6. The fourth-order valence-corrected chi connectivity index (χ4v) is 5.00. The highest BCUT2D eigenvalue weighted by Gasteiger charge is 2.25. The maximum absolute atomic E-state index is 11.7. The lowest BCUT2D eigenvalue weighted by Crippen LogP contribution is -2.41. The third-order valence-electron chi connectivity index (χ3n) is 5.97. The van der Waals surface area contributed by atoms with Gasteiger partial charge in [-0.25, -0.2) is 0 Å². The highest BCUT2D eigenvalue weighted by Crippen LogP contribution is 2.29. The van der Waals surface area contributed by atoms with Crippen LogP contribution in [0.5, 0.6) is 0 Å². The van der Waals surface area contributed by atoms with E-state index in [1.165, 1.54) is 17.7 Å². The van der Waals surface area contributed by atoms with E-state index in [0.717, 1.165) is 77.0 Å². The van der Waals surface area contributed by atoms with Crippen molar-refractivity contribution in [2.45, 2.75) is 52.0 Å². The lowest BCUT2D eigenvalue weighted by molar-refractivity contribution is -0.127. The highest BCUT2D eigenvalue weighted by atomic mass is 32.1. The van der Waals surface area contributed by atoms with Crippen LogP contribution in [0.2, 0.25) is 0 Å². The molecule has 3 rings (SSSR count). The third-order valence-corrected chi connectivity index (χ3v) is 6.94. The van der Waals surface area contributed by atoms with E-state index in [4.69, 9.17) is 4.99 Å². The van der Waals surface area contributed by atoms with Gasteiger partial charge in [0.25, 0.3) is 0 Å². The van der Waals surface area contributed by atoms with Crippen molar-refractivity contribution in [1.29, 1.82) is 0 Å². The summed E-state index contributed by atoms with van der Waals surface area (Å²) in [7, 11) is 0. The Bertz CT molecular complexity index is 640. The summed E-state index contributed by atoms with van der Waals surface area (Å²) in [6, 6.07) is 4.75. The zero-order chi connectivity index (χ0) is 20.5. The Morgan fingerprint density at radius 3 is 2.79 bits per heavy atom. The van der Waals surface area contributed by atoms with Crippen LogP contribution in [0.1, 0.15) is 56.9 Å². The summed E-state index contributed by atoms with van der Waals surface area (Å²) >= 11 is 1.84. The Kier molecular flexibility index (Phi) is 8.80. The molecular weight excluding hydrogens is 382 g/mol. The first-order valence-electron chi connectivity index (χ1n) is 11.2. The number of nitrogens with one attached hydrogen (secondary N) is 2. The zero-order valence-electron chi connectivity index (χ0n) is 18.0. The predicted molar refractivity (Wildman–Crippen MR) is 121 cm³/mol. The molecule has 0 aliphatic carbocycles. The lowest BCUT2D eigenvalue weighted by atomic mass is 9.97. The molecule has 0 bridgehead atoms. The summed E-state index contributed by atoms with van der Waals surface area (Å²) in [5.41, 5.74) is 0. The van der Waals surface area contributed by atoms with Gasteiger partial charge in [0.05, 0.1) is 12.6 Å². The first-order chi connectivity index (χ1) is 14.2. The number of amides is 1. The summed E-state index contributed by atoms with van der Waals surface area (Å²) in [5.74, 6) is 2.02. The number of hydrogen-bond donors (Lipinski definition) is 2. The van der Waals surface area contributed by atoms with Gasteiger partial charge in [-0.2, -0.15) is 0 Å². The molecule has 7 heteroatoms. The minimum Gasteiger partial charge on any atom is -0.357 e. The Hall–Kier alpha value is -1.60. The van der Waals surface area contributed by atoms with Crippen LogP contribution in [0.15, 0.2) is 22.5 Å². The molecule has 2 N–H and O–H groups in total. The van der Waals surface area contributed by atoms with Crippen LogP contribution >= 0.6 is 11.3 Å². The number of carbonyl (C=O) groups excluding carboxylic acids is 1. The van der Waals surface area contributed by atoms with Crippen molar-refractivity contribution < 1.29 is 4.79 Å². The number of likely N-dealkylation sites (tertiary alicyclic amines) is 2. The largest absolute Gasteiger partial charge is 0.357 e. The average Bonchev–Trinajstić information content (AvgIpc) is 3.39. The highest BCUT2D eigenvalue weighted by molar-refractivity contribution is 7.10. The summed E-state index contributed by atoms with van der Waals surface area (Å²) in [5, 5.41) is 9.00. The Balaban J connectivity index is 1.53. The standard InChI is InChI=1S/C22H37N5OS/c1-3-23-22(24-11-6-13-27-12-4-8-21(27)28)25-17-19(20-7-5-16-29-20)26-14-9-18(2)10-15-26/h5,7,16,18-19H,3-4,6,8-15,17H2,1-2H3,(H2,23,24,25). The van der Waals surface area contributed by atoms with Crippen LogP contribution in [0.25, 0.3) is 0 Å². The van der Waals surface area contributed by atoms with Crippen molar-refractivity contribution in [2.24, 2.45) is 10.9 Å². The van der Waals surface area contributed by atoms with Crippen molar-refractivity contribution in [1.82, 2.24) is 20.4 Å².